The van der Waals surface area contributed by atoms with Crippen molar-refractivity contribution in [3.8, 4) is 0 Å². The Kier molecular flexibility index (Phi) is 3.44. The van der Waals surface area contributed by atoms with Crippen molar-refractivity contribution in [2.45, 2.75) is 31.9 Å². The molecule has 0 radical (unpaired) electrons. The molecule has 5 heteroatoms. The first-order valence-electron chi connectivity index (χ1n) is 6.86. The fourth-order valence-electron chi connectivity index (χ4n) is 2.71. The Hall–Kier alpha value is -1.88. The largest absolute Gasteiger partial charge is 0.398 e. The molecule has 1 fully saturated rings. The number of nitrogens with two attached hydrogens (primary N) is 1. The van der Waals surface area contributed by atoms with E-state index in [1.54, 1.807) is 12.3 Å². The van der Waals surface area contributed by atoms with Crippen molar-refractivity contribution in [2.75, 3.05) is 17.7 Å². The third-order valence-corrected chi connectivity index (χ3v) is 3.71. The summed E-state index contributed by atoms with van der Waals surface area (Å²) in [6.07, 6.45) is 3.57. The van der Waals surface area contributed by atoms with Crippen molar-refractivity contribution >= 4 is 22.3 Å². The van der Waals surface area contributed by atoms with Crippen LogP contribution in [0, 0.1) is 5.82 Å². The molecule has 1 aromatic carbocycles. The molecule has 2 unspecified atom stereocenters. The highest BCUT2D eigenvalue weighted by Gasteiger charge is 2.21. The fraction of sp³-hybridized carbons (Fsp3) is 0.400. The topological polar surface area (TPSA) is 60.2 Å². The molecule has 0 aliphatic carbocycles. The van der Waals surface area contributed by atoms with E-state index >= 15 is 0 Å². The summed E-state index contributed by atoms with van der Waals surface area (Å²) in [5, 5.41) is 4.05. The summed E-state index contributed by atoms with van der Waals surface area (Å²) in [5.74, 6) is -0.354. The molecular weight excluding hydrogens is 257 g/mol. The molecule has 0 spiro atoms. The van der Waals surface area contributed by atoms with Gasteiger partial charge in [0.05, 0.1) is 17.3 Å². The van der Waals surface area contributed by atoms with Crippen LogP contribution in [0.1, 0.15) is 19.8 Å². The van der Waals surface area contributed by atoms with E-state index in [1.165, 1.54) is 6.07 Å². The van der Waals surface area contributed by atoms with Crippen molar-refractivity contribution in [3.63, 3.8) is 0 Å². The van der Waals surface area contributed by atoms with Crippen LogP contribution >= 0.6 is 0 Å². The molecule has 1 aromatic heterocycles. The monoisotopic (exact) mass is 275 g/mol. The minimum absolute atomic E-state index is 0.192. The third kappa shape index (κ3) is 2.41. The van der Waals surface area contributed by atoms with Gasteiger partial charge >= 0.3 is 0 Å². The minimum atomic E-state index is -0.354. The lowest BCUT2D eigenvalue weighted by molar-refractivity contribution is 0.0232. The van der Waals surface area contributed by atoms with Crippen LogP contribution in [0.2, 0.25) is 0 Å². The van der Waals surface area contributed by atoms with Gasteiger partial charge in [0.15, 0.2) is 5.82 Å². The van der Waals surface area contributed by atoms with Gasteiger partial charge in [-0.3, -0.25) is 4.98 Å². The Morgan fingerprint density at radius 3 is 3.15 bits per heavy atom. The summed E-state index contributed by atoms with van der Waals surface area (Å²) in [5.41, 5.74) is 7.29. The number of nitrogens with zero attached hydrogens (tertiary/aromatic N) is 1. The van der Waals surface area contributed by atoms with E-state index in [1.807, 2.05) is 13.0 Å². The van der Waals surface area contributed by atoms with Crippen LogP contribution in [0.25, 0.3) is 10.9 Å². The number of benzene rings is 1. The standard InChI is InChI=1S/C15H18FN3O/c1-9-7-10(4-6-20-9)19-15-12(16)8-13(17)11-3-2-5-18-14(11)15/h2-3,5,8-10,19H,4,6-7,17H2,1H3. The fourth-order valence-corrected chi connectivity index (χ4v) is 2.71. The predicted octanol–water partition coefficient (Wildman–Crippen LogP) is 2.94. The second-order valence-corrected chi connectivity index (χ2v) is 5.27. The Morgan fingerprint density at radius 1 is 1.50 bits per heavy atom. The number of aromatic nitrogens is 1. The van der Waals surface area contributed by atoms with E-state index in [0.29, 0.717) is 23.5 Å². The molecule has 1 saturated heterocycles. The highest BCUT2D eigenvalue weighted by atomic mass is 19.1. The van der Waals surface area contributed by atoms with Crippen LogP contribution in [0.15, 0.2) is 24.4 Å². The molecule has 0 saturated carbocycles. The number of rotatable bonds is 2. The number of ether oxygens (including phenoxy) is 1. The van der Waals surface area contributed by atoms with Crippen LogP contribution < -0.4 is 11.1 Å². The first-order valence-corrected chi connectivity index (χ1v) is 6.86. The lowest BCUT2D eigenvalue weighted by Gasteiger charge is -2.29. The number of nitrogen functional groups attached to an aromatic ring is 1. The molecule has 106 valence electrons. The highest BCUT2D eigenvalue weighted by Crippen LogP contribution is 2.31. The van der Waals surface area contributed by atoms with E-state index in [2.05, 4.69) is 10.3 Å². The lowest BCUT2D eigenvalue weighted by Crippen LogP contribution is -2.32. The maximum absolute atomic E-state index is 14.2. The average Bonchev–Trinajstić information content (AvgIpc) is 2.43. The zero-order chi connectivity index (χ0) is 14.1. The molecule has 1 aliphatic rings. The van der Waals surface area contributed by atoms with Gasteiger partial charge in [-0.1, -0.05) is 0 Å². The van der Waals surface area contributed by atoms with Crippen LogP contribution in [-0.4, -0.2) is 23.7 Å². The van der Waals surface area contributed by atoms with Crippen LogP contribution in [0.3, 0.4) is 0 Å². The smallest absolute Gasteiger partial charge is 0.150 e. The Labute approximate surface area is 117 Å². The molecule has 3 rings (SSSR count). The first kappa shape index (κ1) is 13.1. The maximum atomic E-state index is 14.2. The number of hydrogen-bond acceptors (Lipinski definition) is 4. The van der Waals surface area contributed by atoms with Gasteiger partial charge in [0.25, 0.3) is 0 Å². The van der Waals surface area contributed by atoms with Crippen LogP contribution in [0.4, 0.5) is 15.8 Å². The molecule has 3 N–H and O–H groups in total. The van der Waals surface area contributed by atoms with E-state index in [0.717, 1.165) is 18.2 Å². The van der Waals surface area contributed by atoms with Gasteiger partial charge in [-0.2, -0.15) is 0 Å². The number of nitrogens with one attached hydrogen (secondary N) is 1. The molecule has 2 aromatic rings. The molecule has 2 heterocycles. The van der Waals surface area contributed by atoms with Gasteiger partial charge in [-0.15, -0.1) is 0 Å². The van der Waals surface area contributed by atoms with E-state index in [9.17, 15) is 4.39 Å². The quantitative estimate of drug-likeness (QED) is 0.827. The van der Waals surface area contributed by atoms with E-state index < -0.39 is 0 Å². The van der Waals surface area contributed by atoms with Crippen LogP contribution in [0.5, 0.6) is 0 Å². The second-order valence-electron chi connectivity index (χ2n) is 5.27. The average molecular weight is 275 g/mol. The maximum Gasteiger partial charge on any atom is 0.150 e. The Morgan fingerprint density at radius 2 is 2.35 bits per heavy atom. The summed E-state index contributed by atoms with van der Waals surface area (Å²) in [6.45, 7) is 2.73. The Balaban J connectivity index is 1.98. The summed E-state index contributed by atoms with van der Waals surface area (Å²) >= 11 is 0. The summed E-state index contributed by atoms with van der Waals surface area (Å²) in [4.78, 5) is 4.27. The van der Waals surface area contributed by atoms with Gasteiger partial charge in [-0.25, -0.2) is 4.39 Å². The van der Waals surface area contributed by atoms with Gasteiger partial charge < -0.3 is 15.8 Å². The highest BCUT2D eigenvalue weighted by molar-refractivity contribution is 5.98. The van der Waals surface area contributed by atoms with Gasteiger partial charge in [0.2, 0.25) is 0 Å². The summed E-state index contributed by atoms with van der Waals surface area (Å²) in [7, 11) is 0. The van der Waals surface area contributed by atoms with Crippen LogP contribution in [-0.2, 0) is 4.74 Å². The number of pyridine rings is 1. The molecule has 4 nitrogen and oxygen atoms in total. The first-order chi connectivity index (χ1) is 9.65. The van der Waals surface area contributed by atoms with Crippen molar-refractivity contribution in [1.29, 1.82) is 0 Å². The molecule has 1 aliphatic heterocycles. The van der Waals surface area contributed by atoms with Crippen molar-refractivity contribution in [3.05, 3.63) is 30.2 Å². The van der Waals surface area contributed by atoms with Gasteiger partial charge in [0, 0.05) is 29.9 Å². The number of fused-ring (bicyclic) bond motifs is 1. The molecular formula is C15H18FN3O. The van der Waals surface area contributed by atoms with Gasteiger partial charge in [-0.05, 0) is 38.0 Å². The Bertz CT molecular complexity index is 632. The van der Waals surface area contributed by atoms with Crippen molar-refractivity contribution in [1.82, 2.24) is 4.98 Å². The predicted molar refractivity (Wildman–Crippen MR) is 78.2 cm³/mol. The molecule has 20 heavy (non-hydrogen) atoms. The number of anilines is 2. The summed E-state index contributed by atoms with van der Waals surface area (Å²) in [6, 6.07) is 5.21. The normalized spacial score (nSPS) is 22.9. The third-order valence-electron chi connectivity index (χ3n) is 3.71. The molecule has 0 bridgehead atoms. The zero-order valence-corrected chi connectivity index (χ0v) is 11.4. The zero-order valence-electron chi connectivity index (χ0n) is 11.4. The molecule has 0 amide bonds. The second kappa shape index (κ2) is 5.25. The van der Waals surface area contributed by atoms with Crippen molar-refractivity contribution in [2.24, 2.45) is 0 Å². The van der Waals surface area contributed by atoms with Gasteiger partial charge in [0.1, 0.15) is 0 Å². The van der Waals surface area contributed by atoms with Crippen molar-refractivity contribution < 1.29 is 9.13 Å². The SMILES string of the molecule is CC1CC(Nc2c(F)cc(N)c3cccnc23)CCO1. The lowest BCUT2D eigenvalue weighted by atomic mass is 10.0. The molecule has 2 atom stereocenters. The van der Waals surface area contributed by atoms with E-state index in [-0.39, 0.29) is 18.0 Å². The summed E-state index contributed by atoms with van der Waals surface area (Å²) < 4.78 is 19.7. The van der Waals surface area contributed by atoms with E-state index in [4.69, 9.17) is 10.5 Å². The minimum Gasteiger partial charge on any atom is -0.398 e. The number of halogens is 1. The number of hydrogen-bond donors (Lipinski definition) is 2.